The molecule has 0 saturated carbocycles. The lowest BCUT2D eigenvalue weighted by molar-refractivity contribution is -0.332. The molecular formula is C61H116O14. The standard InChI is InChI=1S/C61H116O14/c1-3-5-7-9-11-13-15-17-19-21-22-23-24-25-26-27-28-29-30-32-34-36-38-40-42-44-53(63)73-50(47-70-45-43-41-39-37-35-33-31-20-18-16-14-12-10-8-6-4-2)48-71-60-59(69)57(67)55(65)52(75-60)49-72-61-58(68)56(66)54(64)51(46-62)74-61/h18,20,50-52,54-62,64-69H,3-17,19,21-49H2,1-2H3/b20-18-. The van der Waals surface area contributed by atoms with Crippen molar-refractivity contribution < 1.29 is 69.0 Å². The minimum atomic E-state index is -1.70. The first-order chi connectivity index (χ1) is 36.6. The fourth-order valence-corrected chi connectivity index (χ4v) is 10.2. The molecule has 11 unspecified atom stereocenters. The van der Waals surface area contributed by atoms with Crippen molar-refractivity contribution in [2.45, 2.75) is 338 Å². The zero-order valence-electron chi connectivity index (χ0n) is 47.8. The van der Waals surface area contributed by atoms with Crippen LogP contribution in [0.5, 0.6) is 0 Å². The predicted octanol–water partition coefficient (Wildman–Crippen LogP) is 11.8. The van der Waals surface area contributed by atoms with Gasteiger partial charge in [-0.3, -0.25) is 4.79 Å². The summed E-state index contributed by atoms with van der Waals surface area (Å²) >= 11 is 0. The Morgan fingerprint density at radius 1 is 0.427 bits per heavy atom. The van der Waals surface area contributed by atoms with Crippen LogP contribution in [0.2, 0.25) is 0 Å². The molecule has 444 valence electrons. The molecule has 0 aliphatic carbocycles. The van der Waals surface area contributed by atoms with Crippen molar-refractivity contribution in [3.8, 4) is 0 Å². The normalized spacial score (nSPS) is 24.6. The van der Waals surface area contributed by atoms with E-state index in [1.165, 1.54) is 199 Å². The topological polar surface area (TPSA) is 214 Å². The van der Waals surface area contributed by atoms with Gasteiger partial charge in [-0.2, -0.15) is 0 Å². The Hall–Kier alpha value is -1.27. The SMILES string of the molecule is CCCCCCCC/C=C\CCCCCCCCOCC(COC1OC(COC2OC(CO)C(O)C(O)C2O)C(O)C(O)C1O)OC(=O)CCCCCCCCCCCCCCCCCCCCCCCCCCC. The number of hydrogen-bond acceptors (Lipinski definition) is 14. The summed E-state index contributed by atoms with van der Waals surface area (Å²) in [5.74, 6) is -0.370. The largest absolute Gasteiger partial charge is 0.457 e. The van der Waals surface area contributed by atoms with E-state index in [9.17, 15) is 40.5 Å². The molecule has 75 heavy (non-hydrogen) atoms. The van der Waals surface area contributed by atoms with Crippen molar-refractivity contribution in [1.82, 2.24) is 0 Å². The monoisotopic (exact) mass is 1070 g/mol. The number of aliphatic hydroxyl groups is 7. The van der Waals surface area contributed by atoms with Crippen molar-refractivity contribution in [3.63, 3.8) is 0 Å². The van der Waals surface area contributed by atoms with Crippen molar-refractivity contribution in [3.05, 3.63) is 12.2 Å². The summed E-state index contributed by atoms with van der Waals surface area (Å²) in [7, 11) is 0. The number of carbonyl (C=O) groups excluding carboxylic acids is 1. The van der Waals surface area contributed by atoms with Crippen molar-refractivity contribution >= 4 is 5.97 Å². The van der Waals surface area contributed by atoms with Gasteiger partial charge in [-0.05, 0) is 38.5 Å². The van der Waals surface area contributed by atoms with Crippen LogP contribution in [-0.2, 0) is 33.2 Å². The first kappa shape index (κ1) is 69.8. The summed E-state index contributed by atoms with van der Waals surface area (Å²) in [4.78, 5) is 13.1. The highest BCUT2D eigenvalue weighted by atomic mass is 16.7. The molecular weight excluding hydrogens is 957 g/mol. The van der Waals surface area contributed by atoms with E-state index in [-0.39, 0.29) is 25.6 Å². The number of esters is 1. The molecule has 14 nitrogen and oxygen atoms in total. The molecule has 0 aromatic carbocycles. The molecule has 14 heteroatoms. The summed E-state index contributed by atoms with van der Waals surface area (Å²) in [6, 6.07) is 0. The van der Waals surface area contributed by atoms with E-state index >= 15 is 0 Å². The molecule has 2 fully saturated rings. The van der Waals surface area contributed by atoms with Crippen LogP contribution in [0.1, 0.15) is 271 Å². The first-order valence-corrected chi connectivity index (χ1v) is 31.3. The number of ether oxygens (including phenoxy) is 6. The second kappa shape index (κ2) is 48.6. The first-order valence-electron chi connectivity index (χ1n) is 31.3. The summed E-state index contributed by atoms with van der Waals surface area (Å²) in [5, 5.41) is 72.4. The lowest BCUT2D eigenvalue weighted by atomic mass is 9.98. The highest BCUT2D eigenvalue weighted by molar-refractivity contribution is 5.69. The Morgan fingerprint density at radius 3 is 1.21 bits per heavy atom. The summed E-state index contributed by atoms with van der Waals surface area (Å²) < 4.78 is 34.4. The van der Waals surface area contributed by atoms with Crippen LogP contribution >= 0.6 is 0 Å². The molecule has 0 radical (unpaired) electrons. The van der Waals surface area contributed by atoms with E-state index in [1.807, 2.05) is 0 Å². The minimum absolute atomic E-state index is 0.0634. The molecule has 2 aliphatic rings. The minimum Gasteiger partial charge on any atom is -0.457 e. The number of carbonyl (C=O) groups is 1. The maximum absolute atomic E-state index is 13.1. The van der Waals surface area contributed by atoms with Gasteiger partial charge in [0.15, 0.2) is 12.6 Å². The van der Waals surface area contributed by atoms with Gasteiger partial charge in [0, 0.05) is 13.0 Å². The molecule has 0 spiro atoms. The maximum atomic E-state index is 13.1. The van der Waals surface area contributed by atoms with E-state index in [0.717, 1.165) is 44.9 Å². The lowest BCUT2D eigenvalue weighted by Gasteiger charge is -2.42. The molecule has 2 saturated heterocycles. The predicted molar refractivity (Wildman–Crippen MR) is 298 cm³/mol. The molecule has 0 aromatic rings. The summed E-state index contributed by atoms with van der Waals surface area (Å²) in [5.41, 5.74) is 0. The molecule has 0 aromatic heterocycles. The fraction of sp³-hybridized carbons (Fsp3) is 0.951. The highest BCUT2D eigenvalue weighted by Crippen LogP contribution is 2.27. The Kier molecular flexibility index (Phi) is 45.3. The molecule has 0 bridgehead atoms. The van der Waals surface area contributed by atoms with Gasteiger partial charge in [0.1, 0.15) is 54.9 Å². The van der Waals surface area contributed by atoms with Gasteiger partial charge in [-0.15, -0.1) is 0 Å². The number of rotatable bonds is 52. The number of unbranched alkanes of at least 4 members (excludes halogenated alkanes) is 36. The smallest absolute Gasteiger partial charge is 0.306 e. The number of aliphatic hydroxyl groups excluding tert-OH is 7. The number of hydrogen-bond donors (Lipinski definition) is 7. The second-order valence-electron chi connectivity index (χ2n) is 22.2. The maximum Gasteiger partial charge on any atom is 0.306 e. The van der Waals surface area contributed by atoms with Gasteiger partial charge in [-0.1, -0.05) is 238 Å². The van der Waals surface area contributed by atoms with Crippen LogP contribution in [-0.4, -0.2) is 142 Å². The zero-order chi connectivity index (χ0) is 54.4. The van der Waals surface area contributed by atoms with Crippen LogP contribution in [0, 0.1) is 0 Å². The lowest BCUT2D eigenvalue weighted by Crippen LogP contribution is -2.61. The average molecular weight is 1070 g/mol. The van der Waals surface area contributed by atoms with Gasteiger partial charge in [0.2, 0.25) is 0 Å². The van der Waals surface area contributed by atoms with Gasteiger partial charge in [-0.25, -0.2) is 0 Å². The van der Waals surface area contributed by atoms with E-state index in [4.69, 9.17) is 28.4 Å². The zero-order valence-corrected chi connectivity index (χ0v) is 47.8. The van der Waals surface area contributed by atoms with Crippen LogP contribution in [0.4, 0.5) is 0 Å². The van der Waals surface area contributed by atoms with Crippen molar-refractivity contribution in [1.29, 1.82) is 0 Å². The molecule has 11 atom stereocenters. The van der Waals surface area contributed by atoms with Crippen LogP contribution in [0.15, 0.2) is 12.2 Å². The van der Waals surface area contributed by atoms with Crippen molar-refractivity contribution in [2.24, 2.45) is 0 Å². The summed E-state index contributed by atoms with van der Waals surface area (Å²) in [6.45, 7) is 3.73. The Balaban J connectivity index is 1.66. The molecule has 2 heterocycles. The fourth-order valence-electron chi connectivity index (χ4n) is 10.2. The Morgan fingerprint density at radius 2 is 0.787 bits per heavy atom. The van der Waals surface area contributed by atoms with Crippen molar-refractivity contribution in [2.75, 3.05) is 33.0 Å². The van der Waals surface area contributed by atoms with Crippen LogP contribution < -0.4 is 0 Å². The third-order valence-corrected chi connectivity index (χ3v) is 15.3. The van der Waals surface area contributed by atoms with Gasteiger partial charge in [0.05, 0.1) is 26.4 Å². The summed E-state index contributed by atoms with van der Waals surface area (Å²) in [6.07, 6.45) is 38.5. The average Bonchev–Trinajstić information content (AvgIpc) is 3.41. The van der Waals surface area contributed by atoms with Crippen LogP contribution in [0.3, 0.4) is 0 Å². The van der Waals surface area contributed by atoms with E-state index in [2.05, 4.69) is 26.0 Å². The van der Waals surface area contributed by atoms with E-state index in [1.54, 1.807) is 0 Å². The van der Waals surface area contributed by atoms with E-state index < -0.39 is 80.7 Å². The van der Waals surface area contributed by atoms with Crippen LogP contribution in [0.25, 0.3) is 0 Å². The second-order valence-corrected chi connectivity index (χ2v) is 22.2. The van der Waals surface area contributed by atoms with Gasteiger partial charge >= 0.3 is 5.97 Å². The van der Waals surface area contributed by atoms with E-state index in [0.29, 0.717) is 13.0 Å². The quantitative estimate of drug-likeness (QED) is 0.0172. The third-order valence-electron chi connectivity index (χ3n) is 15.3. The number of allylic oxidation sites excluding steroid dienone is 2. The Bertz CT molecular complexity index is 1290. The Labute approximate surface area is 456 Å². The third kappa shape index (κ3) is 35.2. The van der Waals surface area contributed by atoms with Gasteiger partial charge < -0.3 is 64.2 Å². The molecule has 7 N–H and O–H groups in total. The highest BCUT2D eigenvalue weighted by Gasteiger charge is 2.47. The molecule has 0 amide bonds. The molecule has 2 rings (SSSR count). The van der Waals surface area contributed by atoms with Gasteiger partial charge in [0.25, 0.3) is 0 Å². The molecule has 2 aliphatic heterocycles.